The van der Waals surface area contributed by atoms with Gasteiger partial charge in [-0.2, -0.15) is 0 Å². The molecule has 0 aliphatic rings. The predicted octanol–water partition coefficient (Wildman–Crippen LogP) is 0.682. The highest BCUT2D eigenvalue weighted by atomic mass is 35.7. The molecule has 2 aromatic heterocycles. The second-order valence-electron chi connectivity index (χ2n) is 3.08. The first kappa shape index (κ1) is 11.9. The van der Waals surface area contributed by atoms with Crippen molar-refractivity contribution in [2.75, 3.05) is 0 Å². The Morgan fingerprint density at radius 1 is 1.41 bits per heavy atom. The standard InChI is InChI=1S/C8H8ClN5O2S/c1-2-14-7(6-3-4-10-5-11-6)12-13-8(14)17(9,15)16/h3-5H,2H2,1H3. The average molecular weight is 274 g/mol. The first-order chi connectivity index (χ1) is 8.04. The van der Waals surface area contributed by atoms with Crippen LogP contribution in [0.2, 0.25) is 0 Å². The molecular weight excluding hydrogens is 266 g/mol. The zero-order chi connectivity index (χ0) is 12.5. The Morgan fingerprint density at radius 2 is 2.18 bits per heavy atom. The number of aromatic nitrogens is 5. The Bertz CT molecular complexity index is 625. The van der Waals surface area contributed by atoms with Crippen LogP contribution < -0.4 is 0 Å². The lowest BCUT2D eigenvalue weighted by atomic mass is 10.4. The van der Waals surface area contributed by atoms with Crippen LogP contribution in [0.4, 0.5) is 0 Å². The highest BCUT2D eigenvalue weighted by Gasteiger charge is 2.22. The minimum Gasteiger partial charge on any atom is -0.296 e. The fourth-order valence-electron chi connectivity index (χ4n) is 1.37. The van der Waals surface area contributed by atoms with Crippen LogP contribution in [0.1, 0.15) is 6.92 Å². The Morgan fingerprint density at radius 3 is 2.71 bits per heavy atom. The number of nitrogens with zero attached hydrogens (tertiary/aromatic N) is 5. The molecule has 0 atom stereocenters. The van der Waals surface area contributed by atoms with E-state index < -0.39 is 9.05 Å². The molecule has 0 unspecified atom stereocenters. The summed E-state index contributed by atoms with van der Waals surface area (Å²) >= 11 is 0. The summed E-state index contributed by atoms with van der Waals surface area (Å²) in [5.41, 5.74) is 0.487. The Hall–Kier alpha value is -1.54. The third kappa shape index (κ3) is 2.27. The zero-order valence-corrected chi connectivity index (χ0v) is 10.4. The molecule has 2 heterocycles. The summed E-state index contributed by atoms with van der Waals surface area (Å²) in [4.78, 5) is 7.75. The van der Waals surface area contributed by atoms with E-state index in [1.165, 1.54) is 17.1 Å². The molecule has 0 aromatic carbocycles. The summed E-state index contributed by atoms with van der Waals surface area (Å²) in [5, 5.41) is 7.07. The van der Waals surface area contributed by atoms with Gasteiger partial charge in [-0.25, -0.2) is 18.4 Å². The van der Waals surface area contributed by atoms with E-state index in [2.05, 4.69) is 20.2 Å². The SMILES string of the molecule is CCn1c(-c2ccncn2)nnc1S(=O)(=O)Cl. The van der Waals surface area contributed by atoms with Crippen LogP contribution in [0.5, 0.6) is 0 Å². The van der Waals surface area contributed by atoms with Crippen molar-refractivity contribution < 1.29 is 8.42 Å². The maximum Gasteiger partial charge on any atom is 0.296 e. The van der Waals surface area contributed by atoms with Crippen molar-refractivity contribution in [1.29, 1.82) is 0 Å². The van der Waals surface area contributed by atoms with Crippen molar-refractivity contribution in [2.24, 2.45) is 0 Å². The van der Waals surface area contributed by atoms with Crippen molar-refractivity contribution >= 4 is 19.7 Å². The monoisotopic (exact) mass is 273 g/mol. The number of hydrogen-bond donors (Lipinski definition) is 0. The molecule has 0 N–H and O–H groups in total. The fourth-order valence-corrected chi connectivity index (χ4v) is 2.33. The summed E-state index contributed by atoms with van der Waals surface area (Å²) in [5.74, 6) is 0.342. The third-order valence-electron chi connectivity index (χ3n) is 2.06. The van der Waals surface area contributed by atoms with Gasteiger partial charge in [0.2, 0.25) is 0 Å². The van der Waals surface area contributed by atoms with Gasteiger partial charge in [0.1, 0.15) is 12.0 Å². The summed E-state index contributed by atoms with van der Waals surface area (Å²) < 4.78 is 23.9. The number of rotatable bonds is 3. The molecule has 0 aliphatic heterocycles. The highest BCUT2D eigenvalue weighted by Crippen LogP contribution is 2.20. The van der Waals surface area contributed by atoms with Crippen LogP contribution in [0.3, 0.4) is 0 Å². The van der Waals surface area contributed by atoms with E-state index in [1.54, 1.807) is 13.0 Å². The van der Waals surface area contributed by atoms with Gasteiger partial charge in [-0.05, 0) is 13.0 Å². The molecule has 0 aliphatic carbocycles. The largest absolute Gasteiger partial charge is 0.296 e. The maximum absolute atomic E-state index is 11.3. The normalized spacial score (nSPS) is 11.6. The van der Waals surface area contributed by atoms with E-state index in [1.807, 2.05) is 0 Å². The lowest BCUT2D eigenvalue weighted by molar-refractivity contribution is 0.582. The molecule has 17 heavy (non-hydrogen) atoms. The van der Waals surface area contributed by atoms with Crippen molar-refractivity contribution in [3.8, 4) is 11.5 Å². The van der Waals surface area contributed by atoms with Gasteiger partial charge in [-0.15, -0.1) is 10.2 Å². The van der Waals surface area contributed by atoms with Gasteiger partial charge in [0, 0.05) is 23.4 Å². The number of hydrogen-bond acceptors (Lipinski definition) is 6. The lowest BCUT2D eigenvalue weighted by Gasteiger charge is -2.04. The van der Waals surface area contributed by atoms with Crippen LogP contribution in [-0.4, -0.2) is 33.2 Å². The topological polar surface area (TPSA) is 90.6 Å². The number of halogens is 1. The van der Waals surface area contributed by atoms with Gasteiger partial charge in [0.25, 0.3) is 14.2 Å². The van der Waals surface area contributed by atoms with Crippen LogP contribution >= 0.6 is 10.7 Å². The summed E-state index contributed by atoms with van der Waals surface area (Å²) in [6, 6.07) is 1.61. The van der Waals surface area contributed by atoms with Gasteiger partial charge in [0.05, 0.1) is 0 Å². The minimum absolute atomic E-state index is 0.282. The molecule has 2 aromatic rings. The highest BCUT2D eigenvalue weighted by molar-refractivity contribution is 8.13. The Balaban J connectivity index is 2.62. The minimum atomic E-state index is -3.91. The molecule has 9 heteroatoms. The molecule has 0 fully saturated rings. The lowest BCUT2D eigenvalue weighted by Crippen LogP contribution is -2.06. The fraction of sp³-hybridized carbons (Fsp3) is 0.250. The summed E-state index contributed by atoms with van der Waals surface area (Å²) in [6.45, 7) is 2.13. The van der Waals surface area contributed by atoms with Gasteiger partial charge < -0.3 is 0 Å². The summed E-state index contributed by atoms with van der Waals surface area (Å²) in [7, 11) is 1.34. The smallest absolute Gasteiger partial charge is 0.296 e. The van der Waals surface area contributed by atoms with Gasteiger partial charge in [0.15, 0.2) is 5.82 Å². The van der Waals surface area contributed by atoms with E-state index in [0.29, 0.717) is 18.1 Å². The predicted molar refractivity (Wildman–Crippen MR) is 59.8 cm³/mol. The third-order valence-corrected chi connectivity index (χ3v) is 3.21. The van der Waals surface area contributed by atoms with Crippen molar-refractivity contribution in [1.82, 2.24) is 24.7 Å². The van der Waals surface area contributed by atoms with Crippen LogP contribution in [-0.2, 0) is 15.6 Å². The van der Waals surface area contributed by atoms with E-state index in [0.717, 1.165) is 0 Å². The van der Waals surface area contributed by atoms with E-state index in [-0.39, 0.29) is 5.16 Å². The van der Waals surface area contributed by atoms with Crippen molar-refractivity contribution in [2.45, 2.75) is 18.6 Å². The molecule has 2 rings (SSSR count). The second-order valence-corrected chi connectivity index (χ2v) is 5.54. The molecule has 0 radical (unpaired) electrons. The average Bonchev–Trinajstić information content (AvgIpc) is 2.73. The first-order valence-corrected chi connectivity index (χ1v) is 6.99. The van der Waals surface area contributed by atoms with Crippen molar-refractivity contribution in [3.63, 3.8) is 0 Å². The molecule has 0 saturated heterocycles. The molecule has 0 amide bonds. The van der Waals surface area contributed by atoms with Crippen LogP contribution in [0.15, 0.2) is 23.7 Å². The molecule has 0 spiro atoms. The Labute approximate surface area is 102 Å². The molecule has 0 saturated carbocycles. The van der Waals surface area contributed by atoms with Crippen LogP contribution in [0.25, 0.3) is 11.5 Å². The van der Waals surface area contributed by atoms with E-state index in [9.17, 15) is 8.42 Å². The van der Waals surface area contributed by atoms with Gasteiger partial charge in [-0.3, -0.25) is 4.57 Å². The van der Waals surface area contributed by atoms with Gasteiger partial charge >= 0.3 is 0 Å². The summed E-state index contributed by atoms with van der Waals surface area (Å²) in [6.07, 6.45) is 2.88. The van der Waals surface area contributed by atoms with Gasteiger partial charge in [-0.1, -0.05) is 0 Å². The van der Waals surface area contributed by atoms with E-state index in [4.69, 9.17) is 10.7 Å². The first-order valence-electron chi connectivity index (χ1n) is 4.68. The second kappa shape index (κ2) is 4.38. The molecular formula is C8H8ClN5O2S. The molecule has 90 valence electrons. The maximum atomic E-state index is 11.3. The van der Waals surface area contributed by atoms with E-state index >= 15 is 0 Å². The van der Waals surface area contributed by atoms with Crippen molar-refractivity contribution in [3.05, 3.63) is 18.6 Å². The molecule has 0 bridgehead atoms. The molecule has 7 nitrogen and oxygen atoms in total. The quantitative estimate of drug-likeness (QED) is 0.764. The zero-order valence-electron chi connectivity index (χ0n) is 8.78. The van der Waals surface area contributed by atoms with Crippen LogP contribution in [0, 0.1) is 0 Å². The Kier molecular flexibility index (Phi) is 3.07.